The molecule has 1 N–H and O–H groups in total. The fourth-order valence-corrected chi connectivity index (χ4v) is 3.59. The molecule has 0 atom stereocenters. The van der Waals surface area contributed by atoms with Crippen LogP contribution in [-0.2, 0) is 11.3 Å². The van der Waals surface area contributed by atoms with Gasteiger partial charge in [-0.1, -0.05) is 25.6 Å². The maximum Gasteiger partial charge on any atom is 0.325 e. The molecule has 0 spiro atoms. The van der Waals surface area contributed by atoms with Crippen molar-refractivity contribution in [3.63, 3.8) is 0 Å². The molecule has 128 valence electrons. The Bertz CT molecular complexity index is 622. The number of imide groups is 1. The molecule has 1 aliphatic heterocycles. The number of hydrogen-bond acceptors (Lipinski definition) is 4. The van der Waals surface area contributed by atoms with Gasteiger partial charge in [0.1, 0.15) is 5.54 Å². The summed E-state index contributed by atoms with van der Waals surface area (Å²) in [5.74, 6) is 1.01. The number of imidazole rings is 1. The van der Waals surface area contributed by atoms with Crippen molar-refractivity contribution >= 4 is 23.7 Å². The summed E-state index contributed by atoms with van der Waals surface area (Å²) in [6.07, 6.45) is 0. The molecule has 0 bridgehead atoms. The number of nitrogens with zero attached hydrogens (tertiary/aromatic N) is 3. The minimum absolute atomic E-state index is 0.166. The summed E-state index contributed by atoms with van der Waals surface area (Å²) in [5.41, 5.74) is 1.41. The summed E-state index contributed by atoms with van der Waals surface area (Å²) >= 11 is 1.59. The molecule has 1 aliphatic rings. The molecule has 0 unspecified atom stereocenters. The smallest absolute Gasteiger partial charge is 0.324 e. The van der Waals surface area contributed by atoms with Gasteiger partial charge in [-0.25, -0.2) is 9.78 Å². The minimum atomic E-state index is -0.801. The summed E-state index contributed by atoms with van der Waals surface area (Å²) in [5, 5.41) is 3.66. The highest BCUT2D eigenvalue weighted by molar-refractivity contribution is 7.99. The normalized spacial score (nSPS) is 17.3. The van der Waals surface area contributed by atoms with Crippen molar-refractivity contribution < 1.29 is 9.59 Å². The average molecular weight is 338 g/mol. The molecule has 3 amide bonds. The lowest BCUT2D eigenvalue weighted by molar-refractivity contribution is -0.130. The van der Waals surface area contributed by atoms with Gasteiger partial charge in [0.2, 0.25) is 0 Å². The van der Waals surface area contributed by atoms with Crippen LogP contribution in [0.2, 0.25) is 0 Å². The molecular weight excluding hydrogens is 312 g/mol. The standard InChI is InChI=1S/C16H26N4O2S/c1-10(2)9-20-12(4)11(3)17-15(20)23-8-7-19-13(21)16(5,6)18-14(19)22/h10H,7-9H2,1-6H3,(H,18,22). The fourth-order valence-electron chi connectivity index (χ4n) is 2.56. The summed E-state index contributed by atoms with van der Waals surface area (Å²) < 4.78 is 2.22. The number of urea groups is 1. The van der Waals surface area contributed by atoms with Crippen LogP contribution in [-0.4, -0.2) is 44.2 Å². The number of amides is 3. The second kappa shape index (κ2) is 6.55. The first-order chi connectivity index (χ1) is 10.6. The zero-order valence-corrected chi connectivity index (χ0v) is 15.6. The lowest BCUT2D eigenvalue weighted by Crippen LogP contribution is -2.40. The summed E-state index contributed by atoms with van der Waals surface area (Å²) in [4.78, 5) is 30.0. The molecule has 1 aromatic heterocycles. The van der Waals surface area contributed by atoms with Gasteiger partial charge in [0.15, 0.2) is 5.16 Å². The van der Waals surface area contributed by atoms with E-state index in [4.69, 9.17) is 0 Å². The second-order valence-electron chi connectivity index (χ2n) is 6.93. The van der Waals surface area contributed by atoms with Crippen LogP contribution in [0.4, 0.5) is 4.79 Å². The van der Waals surface area contributed by atoms with Crippen molar-refractivity contribution in [3.8, 4) is 0 Å². The van der Waals surface area contributed by atoms with E-state index in [2.05, 4.69) is 35.6 Å². The highest BCUT2D eigenvalue weighted by Crippen LogP contribution is 2.24. The van der Waals surface area contributed by atoms with Gasteiger partial charge >= 0.3 is 6.03 Å². The highest BCUT2D eigenvalue weighted by atomic mass is 32.2. The van der Waals surface area contributed by atoms with Crippen LogP contribution >= 0.6 is 11.8 Å². The third-order valence-corrected chi connectivity index (χ3v) is 4.92. The molecule has 1 aromatic rings. The van der Waals surface area contributed by atoms with Gasteiger partial charge in [-0.05, 0) is 33.6 Å². The lowest BCUT2D eigenvalue weighted by Gasteiger charge is -2.16. The minimum Gasteiger partial charge on any atom is -0.324 e. The number of nitrogens with one attached hydrogen (secondary N) is 1. The second-order valence-corrected chi connectivity index (χ2v) is 7.99. The van der Waals surface area contributed by atoms with E-state index >= 15 is 0 Å². The van der Waals surface area contributed by atoms with Crippen molar-refractivity contribution in [2.24, 2.45) is 5.92 Å². The van der Waals surface area contributed by atoms with Crippen molar-refractivity contribution in [1.29, 1.82) is 0 Å². The molecule has 0 aromatic carbocycles. The molecule has 0 aliphatic carbocycles. The SMILES string of the molecule is Cc1nc(SCCN2C(=O)NC(C)(C)C2=O)n(CC(C)C)c1C. The monoisotopic (exact) mass is 338 g/mol. The van der Waals surface area contributed by atoms with E-state index < -0.39 is 5.54 Å². The highest BCUT2D eigenvalue weighted by Gasteiger charge is 2.43. The van der Waals surface area contributed by atoms with Gasteiger partial charge in [0.05, 0.1) is 5.69 Å². The Labute approximate surface area is 142 Å². The lowest BCUT2D eigenvalue weighted by atomic mass is 10.1. The Morgan fingerprint density at radius 2 is 1.91 bits per heavy atom. The quantitative estimate of drug-likeness (QED) is 0.639. The van der Waals surface area contributed by atoms with Crippen LogP contribution in [0.25, 0.3) is 0 Å². The number of aryl methyl sites for hydroxylation is 1. The molecule has 6 nitrogen and oxygen atoms in total. The third kappa shape index (κ3) is 3.71. The molecule has 2 rings (SSSR count). The van der Waals surface area contributed by atoms with Crippen LogP contribution in [0.5, 0.6) is 0 Å². The average Bonchev–Trinajstić information content (AvgIpc) is 2.79. The Kier molecular flexibility index (Phi) is 5.08. The Morgan fingerprint density at radius 1 is 1.26 bits per heavy atom. The molecule has 7 heteroatoms. The molecule has 1 saturated heterocycles. The number of hydrogen-bond donors (Lipinski definition) is 1. The first-order valence-electron chi connectivity index (χ1n) is 7.94. The number of carbonyl (C=O) groups excluding carboxylic acids is 2. The van der Waals surface area contributed by atoms with Gasteiger partial charge < -0.3 is 9.88 Å². The van der Waals surface area contributed by atoms with Crippen molar-refractivity contribution in [2.45, 2.75) is 58.8 Å². The molecular formula is C16H26N4O2S. The van der Waals surface area contributed by atoms with E-state index in [9.17, 15) is 9.59 Å². The first-order valence-corrected chi connectivity index (χ1v) is 8.92. The van der Waals surface area contributed by atoms with E-state index in [1.807, 2.05) is 6.92 Å². The van der Waals surface area contributed by atoms with E-state index in [0.717, 1.165) is 17.4 Å². The zero-order valence-electron chi connectivity index (χ0n) is 14.8. The Morgan fingerprint density at radius 3 is 2.43 bits per heavy atom. The van der Waals surface area contributed by atoms with Crippen LogP contribution in [0, 0.1) is 19.8 Å². The van der Waals surface area contributed by atoms with Crippen molar-refractivity contribution in [1.82, 2.24) is 19.8 Å². The predicted octanol–water partition coefficient (Wildman–Crippen LogP) is 2.58. The molecule has 0 saturated carbocycles. The van der Waals surface area contributed by atoms with Crippen LogP contribution < -0.4 is 5.32 Å². The Hall–Kier alpha value is -1.50. The number of thioether (sulfide) groups is 1. The van der Waals surface area contributed by atoms with Crippen LogP contribution in [0.1, 0.15) is 39.1 Å². The van der Waals surface area contributed by atoms with Gasteiger partial charge in [-0.3, -0.25) is 9.69 Å². The van der Waals surface area contributed by atoms with E-state index in [-0.39, 0.29) is 11.9 Å². The number of aromatic nitrogens is 2. The van der Waals surface area contributed by atoms with E-state index in [0.29, 0.717) is 18.2 Å². The van der Waals surface area contributed by atoms with Gasteiger partial charge in [-0.2, -0.15) is 0 Å². The predicted molar refractivity (Wildman–Crippen MR) is 91.6 cm³/mol. The summed E-state index contributed by atoms with van der Waals surface area (Å²) in [6, 6.07) is -0.307. The van der Waals surface area contributed by atoms with E-state index in [1.54, 1.807) is 25.6 Å². The molecule has 1 fully saturated rings. The zero-order chi connectivity index (χ0) is 17.4. The largest absolute Gasteiger partial charge is 0.325 e. The summed E-state index contributed by atoms with van der Waals surface area (Å²) in [6.45, 7) is 13.2. The molecule has 0 radical (unpaired) electrons. The topological polar surface area (TPSA) is 67.2 Å². The fraction of sp³-hybridized carbons (Fsp3) is 0.688. The molecule has 23 heavy (non-hydrogen) atoms. The van der Waals surface area contributed by atoms with Gasteiger partial charge in [0, 0.05) is 24.5 Å². The van der Waals surface area contributed by atoms with Crippen LogP contribution in [0.15, 0.2) is 5.16 Å². The number of carbonyl (C=O) groups is 2. The third-order valence-electron chi connectivity index (χ3n) is 3.96. The maximum absolute atomic E-state index is 12.2. The Balaban J connectivity index is 2.01. The van der Waals surface area contributed by atoms with Crippen molar-refractivity contribution in [2.75, 3.05) is 12.3 Å². The van der Waals surface area contributed by atoms with E-state index in [1.165, 1.54) is 10.6 Å². The van der Waals surface area contributed by atoms with Gasteiger partial charge in [-0.15, -0.1) is 0 Å². The van der Waals surface area contributed by atoms with Gasteiger partial charge in [0.25, 0.3) is 5.91 Å². The maximum atomic E-state index is 12.2. The van der Waals surface area contributed by atoms with Crippen LogP contribution in [0.3, 0.4) is 0 Å². The van der Waals surface area contributed by atoms with Crippen molar-refractivity contribution in [3.05, 3.63) is 11.4 Å². The number of rotatable bonds is 6. The molecule has 2 heterocycles. The summed E-state index contributed by atoms with van der Waals surface area (Å²) in [7, 11) is 0. The first kappa shape index (κ1) is 17.8.